The molecule has 0 saturated heterocycles. The highest BCUT2D eigenvalue weighted by atomic mass is 14.8. The molecule has 0 heterocycles. The molecule has 0 fully saturated rings. The maximum absolute atomic E-state index is 3.15. The topological polar surface area (TPSA) is 24.1 Å². The molecule has 0 saturated carbocycles. The summed E-state index contributed by atoms with van der Waals surface area (Å²) in [5.74, 6) is 6.21. The summed E-state index contributed by atoms with van der Waals surface area (Å²) < 4.78 is 0. The second kappa shape index (κ2) is 6.20. The Kier molecular flexibility index (Phi) is 4.77. The summed E-state index contributed by atoms with van der Waals surface area (Å²) in [5.41, 5.74) is 2.36. The number of hydrogen-bond donors (Lipinski definition) is 2. The van der Waals surface area contributed by atoms with E-state index >= 15 is 0 Å². The molecule has 74 valence electrons. The van der Waals surface area contributed by atoms with E-state index in [1.165, 1.54) is 5.56 Å². The SMILES string of the molecule is CNCC#Cc1ccccc1CNC. The Morgan fingerprint density at radius 3 is 2.64 bits per heavy atom. The van der Waals surface area contributed by atoms with Crippen LogP contribution in [0.25, 0.3) is 0 Å². The zero-order valence-electron chi connectivity index (χ0n) is 8.72. The summed E-state index contributed by atoms with van der Waals surface area (Å²) in [7, 11) is 3.84. The Morgan fingerprint density at radius 1 is 1.14 bits per heavy atom. The van der Waals surface area contributed by atoms with E-state index in [0.29, 0.717) is 0 Å². The predicted octanol–water partition coefficient (Wildman–Crippen LogP) is 0.977. The minimum absolute atomic E-state index is 0.730. The van der Waals surface area contributed by atoms with Crippen LogP contribution in [0.15, 0.2) is 24.3 Å². The highest BCUT2D eigenvalue weighted by Crippen LogP contribution is 2.06. The summed E-state index contributed by atoms with van der Waals surface area (Å²) in [4.78, 5) is 0. The molecule has 2 nitrogen and oxygen atoms in total. The monoisotopic (exact) mass is 188 g/mol. The van der Waals surface area contributed by atoms with E-state index in [0.717, 1.165) is 18.7 Å². The molecule has 0 aliphatic rings. The van der Waals surface area contributed by atoms with Crippen molar-refractivity contribution in [1.82, 2.24) is 10.6 Å². The van der Waals surface area contributed by atoms with Gasteiger partial charge in [0.25, 0.3) is 0 Å². The van der Waals surface area contributed by atoms with Gasteiger partial charge in [-0.25, -0.2) is 0 Å². The summed E-state index contributed by atoms with van der Waals surface area (Å²) in [5, 5.41) is 6.13. The van der Waals surface area contributed by atoms with E-state index in [-0.39, 0.29) is 0 Å². The van der Waals surface area contributed by atoms with Gasteiger partial charge in [-0.3, -0.25) is 0 Å². The van der Waals surface area contributed by atoms with Crippen LogP contribution in [0.4, 0.5) is 0 Å². The van der Waals surface area contributed by atoms with E-state index in [1.807, 2.05) is 26.2 Å². The van der Waals surface area contributed by atoms with Crippen molar-refractivity contribution < 1.29 is 0 Å². The van der Waals surface area contributed by atoms with Gasteiger partial charge in [0.2, 0.25) is 0 Å². The third kappa shape index (κ3) is 3.21. The second-order valence-corrected chi connectivity index (χ2v) is 3.02. The largest absolute Gasteiger partial charge is 0.316 e. The average Bonchev–Trinajstić information content (AvgIpc) is 2.21. The van der Waals surface area contributed by atoms with Gasteiger partial charge >= 0.3 is 0 Å². The van der Waals surface area contributed by atoms with Crippen molar-refractivity contribution in [2.45, 2.75) is 6.54 Å². The molecule has 0 radical (unpaired) electrons. The number of nitrogens with one attached hydrogen (secondary N) is 2. The van der Waals surface area contributed by atoms with Crippen LogP contribution in [-0.2, 0) is 6.54 Å². The van der Waals surface area contributed by atoms with E-state index in [4.69, 9.17) is 0 Å². The Hall–Kier alpha value is -1.30. The van der Waals surface area contributed by atoms with Crippen LogP contribution < -0.4 is 10.6 Å². The third-order valence-corrected chi connectivity index (χ3v) is 1.87. The molecule has 0 amide bonds. The van der Waals surface area contributed by atoms with Gasteiger partial charge < -0.3 is 10.6 Å². The molecule has 1 rings (SSSR count). The van der Waals surface area contributed by atoms with Gasteiger partial charge in [0.05, 0.1) is 6.54 Å². The standard InChI is InChI=1S/C12H16N2/c1-13-9-5-8-11-6-3-4-7-12(11)10-14-2/h3-4,6-7,13-14H,9-10H2,1-2H3. The molecule has 0 unspecified atom stereocenters. The predicted molar refractivity (Wildman–Crippen MR) is 60.0 cm³/mol. The highest BCUT2D eigenvalue weighted by Gasteiger charge is 1.95. The quantitative estimate of drug-likeness (QED) is 0.691. The van der Waals surface area contributed by atoms with Crippen molar-refractivity contribution >= 4 is 0 Å². The summed E-state index contributed by atoms with van der Waals surface area (Å²) in [6, 6.07) is 8.20. The number of hydrogen-bond acceptors (Lipinski definition) is 2. The smallest absolute Gasteiger partial charge is 0.0577 e. The number of rotatable bonds is 3. The molecule has 0 aliphatic carbocycles. The molecule has 0 spiro atoms. The van der Waals surface area contributed by atoms with Crippen molar-refractivity contribution in [2.24, 2.45) is 0 Å². The van der Waals surface area contributed by atoms with Gasteiger partial charge in [0, 0.05) is 12.1 Å². The third-order valence-electron chi connectivity index (χ3n) is 1.87. The Labute approximate surface area is 85.7 Å². The van der Waals surface area contributed by atoms with Crippen molar-refractivity contribution in [3.05, 3.63) is 35.4 Å². The lowest BCUT2D eigenvalue weighted by molar-refractivity contribution is 0.816. The average molecular weight is 188 g/mol. The minimum Gasteiger partial charge on any atom is -0.316 e. The molecule has 1 aromatic carbocycles. The molecule has 2 N–H and O–H groups in total. The van der Waals surface area contributed by atoms with Gasteiger partial charge in [-0.15, -0.1) is 0 Å². The van der Waals surface area contributed by atoms with Crippen LogP contribution in [0.5, 0.6) is 0 Å². The second-order valence-electron chi connectivity index (χ2n) is 3.02. The molecular formula is C12H16N2. The van der Waals surface area contributed by atoms with Crippen LogP contribution in [0, 0.1) is 11.8 Å². The summed E-state index contributed by atoms with van der Waals surface area (Å²) in [6.45, 7) is 1.60. The van der Waals surface area contributed by atoms with E-state index in [2.05, 4.69) is 34.6 Å². The summed E-state index contributed by atoms with van der Waals surface area (Å²) in [6.07, 6.45) is 0. The van der Waals surface area contributed by atoms with Gasteiger partial charge in [-0.05, 0) is 25.7 Å². The van der Waals surface area contributed by atoms with Gasteiger partial charge in [-0.2, -0.15) is 0 Å². The van der Waals surface area contributed by atoms with E-state index < -0.39 is 0 Å². The van der Waals surface area contributed by atoms with Crippen LogP contribution in [0.1, 0.15) is 11.1 Å². The van der Waals surface area contributed by atoms with Crippen LogP contribution in [-0.4, -0.2) is 20.6 Å². The first-order valence-electron chi connectivity index (χ1n) is 4.74. The van der Waals surface area contributed by atoms with Crippen molar-refractivity contribution in [3.63, 3.8) is 0 Å². The molecule has 0 bridgehead atoms. The van der Waals surface area contributed by atoms with Crippen molar-refractivity contribution in [3.8, 4) is 11.8 Å². The van der Waals surface area contributed by atoms with E-state index in [1.54, 1.807) is 0 Å². The zero-order valence-corrected chi connectivity index (χ0v) is 8.72. The van der Waals surface area contributed by atoms with Crippen LogP contribution >= 0.6 is 0 Å². The number of benzene rings is 1. The zero-order chi connectivity index (χ0) is 10.2. The first-order valence-corrected chi connectivity index (χ1v) is 4.74. The van der Waals surface area contributed by atoms with Crippen LogP contribution in [0.2, 0.25) is 0 Å². The van der Waals surface area contributed by atoms with E-state index in [9.17, 15) is 0 Å². The maximum atomic E-state index is 3.15. The maximum Gasteiger partial charge on any atom is 0.0577 e. The first kappa shape index (κ1) is 10.8. The lowest BCUT2D eigenvalue weighted by atomic mass is 10.1. The minimum atomic E-state index is 0.730. The molecule has 0 aliphatic heterocycles. The highest BCUT2D eigenvalue weighted by molar-refractivity contribution is 5.41. The Balaban J connectivity index is 2.80. The Bertz CT molecular complexity index is 334. The van der Waals surface area contributed by atoms with Gasteiger partial charge in [-0.1, -0.05) is 30.0 Å². The molecule has 14 heavy (non-hydrogen) atoms. The van der Waals surface area contributed by atoms with Crippen LogP contribution in [0.3, 0.4) is 0 Å². The molecule has 0 aromatic heterocycles. The molecule has 0 atom stereocenters. The Morgan fingerprint density at radius 2 is 1.93 bits per heavy atom. The fourth-order valence-electron chi connectivity index (χ4n) is 1.21. The lowest BCUT2D eigenvalue weighted by Gasteiger charge is -2.02. The van der Waals surface area contributed by atoms with Gasteiger partial charge in [0.1, 0.15) is 0 Å². The molecule has 1 aromatic rings. The summed E-state index contributed by atoms with van der Waals surface area (Å²) >= 11 is 0. The fraction of sp³-hybridized carbons (Fsp3) is 0.333. The first-order chi connectivity index (χ1) is 6.88. The molecular weight excluding hydrogens is 172 g/mol. The van der Waals surface area contributed by atoms with Crippen molar-refractivity contribution in [2.75, 3.05) is 20.6 Å². The van der Waals surface area contributed by atoms with Gasteiger partial charge in [0.15, 0.2) is 0 Å². The van der Waals surface area contributed by atoms with Crippen molar-refractivity contribution in [1.29, 1.82) is 0 Å². The normalized spacial score (nSPS) is 9.29. The lowest BCUT2D eigenvalue weighted by Crippen LogP contribution is -2.07. The fourth-order valence-corrected chi connectivity index (χ4v) is 1.21. The molecule has 2 heteroatoms.